The van der Waals surface area contributed by atoms with Gasteiger partial charge < -0.3 is 0 Å². The fourth-order valence-corrected chi connectivity index (χ4v) is 1.76. The van der Waals surface area contributed by atoms with Crippen LogP contribution in [-0.2, 0) is 0 Å². The molecule has 84 valence electrons. The molecule has 2 aromatic heterocycles. The summed E-state index contributed by atoms with van der Waals surface area (Å²) >= 11 is 5.86. The molecule has 1 N–H and O–H groups in total. The third-order valence-corrected chi connectivity index (χ3v) is 2.70. The number of benzene rings is 1. The first-order valence-corrected chi connectivity index (χ1v) is 5.37. The summed E-state index contributed by atoms with van der Waals surface area (Å²) in [5.74, 6) is 0.831. The van der Waals surface area contributed by atoms with Gasteiger partial charge in [-0.2, -0.15) is 5.10 Å². The molecule has 3 rings (SSSR count). The van der Waals surface area contributed by atoms with Crippen LogP contribution in [0, 0.1) is 0 Å². The van der Waals surface area contributed by atoms with Crippen LogP contribution in [0.15, 0.2) is 43.1 Å². The molecular weight excluding hydrogens is 238 g/mol. The van der Waals surface area contributed by atoms with E-state index in [4.69, 9.17) is 11.6 Å². The van der Waals surface area contributed by atoms with Crippen molar-refractivity contribution in [2.45, 2.75) is 0 Å². The van der Waals surface area contributed by atoms with Gasteiger partial charge in [-0.3, -0.25) is 9.67 Å². The van der Waals surface area contributed by atoms with Crippen molar-refractivity contribution in [1.82, 2.24) is 25.0 Å². The maximum absolute atomic E-state index is 5.86. The summed E-state index contributed by atoms with van der Waals surface area (Å²) in [6.45, 7) is 0. The lowest BCUT2D eigenvalue weighted by atomic mass is 10.1. The van der Waals surface area contributed by atoms with Crippen LogP contribution in [0.5, 0.6) is 0 Å². The highest BCUT2D eigenvalue weighted by atomic mass is 35.5. The monoisotopic (exact) mass is 245 g/mol. The number of nitrogens with zero attached hydrogens (tertiary/aromatic N) is 4. The predicted octanol–water partition coefficient (Wildman–Crippen LogP) is 2.31. The number of H-pyrrole nitrogens is 1. The van der Waals surface area contributed by atoms with E-state index in [1.165, 1.54) is 0 Å². The number of rotatable bonds is 2. The van der Waals surface area contributed by atoms with E-state index in [1.807, 2.05) is 24.3 Å². The van der Waals surface area contributed by atoms with Crippen molar-refractivity contribution in [1.29, 1.82) is 0 Å². The van der Waals surface area contributed by atoms with Crippen LogP contribution in [0.1, 0.15) is 0 Å². The first kappa shape index (κ1) is 10.0. The van der Waals surface area contributed by atoms with Crippen LogP contribution < -0.4 is 0 Å². The largest absolute Gasteiger partial charge is 0.272 e. The summed E-state index contributed by atoms with van der Waals surface area (Å²) in [5, 5.41) is 15.2. The SMILES string of the molecule is Clc1ccc(-c2cn[nH]c2-n2cnnc2)cc1. The van der Waals surface area contributed by atoms with Crippen molar-refractivity contribution < 1.29 is 0 Å². The van der Waals surface area contributed by atoms with Gasteiger partial charge >= 0.3 is 0 Å². The second kappa shape index (κ2) is 4.03. The molecule has 0 unspecified atom stereocenters. The number of hydrogen-bond acceptors (Lipinski definition) is 3. The number of hydrogen-bond donors (Lipinski definition) is 1. The lowest BCUT2D eigenvalue weighted by Gasteiger charge is -2.02. The Hall–Kier alpha value is -2.14. The van der Waals surface area contributed by atoms with Gasteiger partial charge in [0.2, 0.25) is 0 Å². The van der Waals surface area contributed by atoms with Gasteiger partial charge in [-0.15, -0.1) is 10.2 Å². The first-order valence-electron chi connectivity index (χ1n) is 4.99. The van der Waals surface area contributed by atoms with E-state index >= 15 is 0 Å². The molecule has 6 heteroatoms. The second-order valence-corrected chi connectivity index (χ2v) is 3.94. The zero-order chi connectivity index (χ0) is 11.7. The number of halogens is 1. The van der Waals surface area contributed by atoms with Crippen molar-refractivity contribution in [3.8, 4) is 16.9 Å². The highest BCUT2D eigenvalue weighted by Gasteiger charge is 2.09. The minimum absolute atomic E-state index is 0.711. The van der Waals surface area contributed by atoms with Gasteiger partial charge in [0, 0.05) is 10.6 Å². The molecule has 1 aromatic carbocycles. The van der Waals surface area contributed by atoms with E-state index in [9.17, 15) is 0 Å². The van der Waals surface area contributed by atoms with Crippen molar-refractivity contribution in [2.24, 2.45) is 0 Å². The predicted molar refractivity (Wildman–Crippen MR) is 64.0 cm³/mol. The molecule has 0 aliphatic heterocycles. The van der Waals surface area contributed by atoms with Gasteiger partial charge in [-0.05, 0) is 17.7 Å². The summed E-state index contributed by atoms with van der Waals surface area (Å²) in [7, 11) is 0. The number of aromatic amines is 1. The van der Waals surface area contributed by atoms with E-state index in [0.717, 1.165) is 16.9 Å². The van der Waals surface area contributed by atoms with E-state index in [1.54, 1.807) is 23.4 Å². The fourth-order valence-electron chi connectivity index (χ4n) is 1.63. The smallest absolute Gasteiger partial charge is 0.142 e. The molecule has 3 aromatic rings. The molecule has 0 radical (unpaired) electrons. The van der Waals surface area contributed by atoms with Crippen LogP contribution in [0.2, 0.25) is 5.02 Å². The maximum atomic E-state index is 5.86. The van der Waals surface area contributed by atoms with Crippen molar-refractivity contribution in [3.63, 3.8) is 0 Å². The molecule has 0 aliphatic rings. The molecule has 0 fully saturated rings. The average Bonchev–Trinajstić information content (AvgIpc) is 3.00. The lowest BCUT2D eigenvalue weighted by molar-refractivity contribution is 0.955. The average molecular weight is 246 g/mol. The van der Waals surface area contributed by atoms with Gasteiger partial charge in [0.05, 0.1) is 6.20 Å². The number of nitrogens with one attached hydrogen (secondary N) is 1. The standard InChI is InChI=1S/C11H8ClN5/c12-9-3-1-8(2-4-9)10-5-13-16-11(10)17-6-14-15-7-17/h1-7H,(H,13,16). The molecule has 5 nitrogen and oxygen atoms in total. The van der Waals surface area contributed by atoms with Gasteiger partial charge in [-0.1, -0.05) is 23.7 Å². The Morgan fingerprint density at radius 1 is 1.06 bits per heavy atom. The molecule has 0 saturated heterocycles. The van der Waals surface area contributed by atoms with E-state index in [2.05, 4.69) is 20.4 Å². The summed E-state index contributed by atoms with van der Waals surface area (Å²) in [6.07, 6.45) is 5.00. The van der Waals surface area contributed by atoms with Crippen molar-refractivity contribution in [3.05, 3.63) is 48.1 Å². The minimum Gasteiger partial charge on any atom is -0.272 e. The summed E-state index contributed by atoms with van der Waals surface area (Å²) in [4.78, 5) is 0. The van der Waals surface area contributed by atoms with Crippen molar-refractivity contribution >= 4 is 11.6 Å². The lowest BCUT2D eigenvalue weighted by Crippen LogP contribution is -1.93. The van der Waals surface area contributed by atoms with E-state index in [-0.39, 0.29) is 0 Å². The Bertz CT molecular complexity index is 612. The molecule has 0 spiro atoms. The van der Waals surface area contributed by atoms with Gasteiger partial charge in [0.15, 0.2) is 0 Å². The summed E-state index contributed by atoms with van der Waals surface area (Å²) < 4.78 is 1.77. The molecular formula is C11H8ClN5. The first-order chi connectivity index (χ1) is 8.34. The highest BCUT2D eigenvalue weighted by molar-refractivity contribution is 6.30. The fraction of sp³-hybridized carbons (Fsp3) is 0. The van der Waals surface area contributed by atoms with Crippen LogP contribution >= 0.6 is 11.6 Å². The van der Waals surface area contributed by atoms with Crippen LogP contribution in [0.25, 0.3) is 16.9 Å². The quantitative estimate of drug-likeness (QED) is 0.754. The van der Waals surface area contributed by atoms with E-state index in [0.29, 0.717) is 5.02 Å². The molecule has 0 aliphatic carbocycles. The molecule has 0 saturated carbocycles. The zero-order valence-electron chi connectivity index (χ0n) is 8.71. The van der Waals surface area contributed by atoms with Crippen LogP contribution in [0.3, 0.4) is 0 Å². The number of aromatic nitrogens is 5. The molecule has 17 heavy (non-hydrogen) atoms. The highest BCUT2D eigenvalue weighted by Crippen LogP contribution is 2.25. The molecule has 2 heterocycles. The Kier molecular flexibility index (Phi) is 2.38. The summed E-state index contributed by atoms with van der Waals surface area (Å²) in [6, 6.07) is 7.59. The third-order valence-electron chi connectivity index (χ3n) is 2.45. The Morgan fingerprint density at radius 2 is 1.76 bits per heavy atom. The summed E-state index contributed by atoms with van der Waals surface area (Å²) in [5.41, 5.74) is 2.01. The Balaban J connectivity index is 2.10. The Labute approximate surface area is 102 Å². The molecule has 0 atom stereocenters. The topological polar surface area (TPSA) is 59.4 Å². The normalized spacial score (nSPS) is 10.6. The van der Waals surface area contributed by atoms with Crippen LogP contribution in [0.4, 0.5) is 0 Å². The minimum atomic E-state index is 0.711. The van der Waals surface area contributed by atoms with Gasteiger partial charge in [-0.25, -0.2) is 0 Å². The second-order valence-electron chi connectivity index (χ2n) is 3.51. The zero-order valence-corrected chi connectivity index (χ0v) is 9.46. The van der Waals surface area contributed by atoms with E-state index < -0.39 is 0 Å². The van der Waals surface area contributed by atoms with Crippen molar-refractivity contribution in [2.75, 3.05) is 0 Å². The molecule has 0 bridgehead atoms. The van der Waals surface area contributed by atoms with Crippen LogP contribution in [-0.4, -0.2) is 25.0 Å². The molecule has 0 amide bonds. The third kappa shape index (κ3) is 1.81. The Morgan fingerprint density at radius 3 is 2.47 bits per heavy atom. The maximum Gasteiger partial charge on any atom is 0.142 e. The van der Waals surface area contributed by atoms with Gasteiger partial charge in [0.25, 0.3) is 0 Å². The van der Waals surface area contributed by atoms with Gasteiger partial charge in [0.1, 0.15) is 18.5 Å².